The van der Waals surface area contributed by atoms with E-state index in [1.54, 1.807) is 11.3 Å². The van der Waals surface area contributed by atoms with Crippen LogP contribution in [0, 0.1) is 6.92 Å². The highest BCUT2D eigenvalue weighted by atomic mass is 32.2. The number of thiazole rings is 1. The number of anilines is 2. The average Bonchev–Trinajstić information content (AvgIpc) is 2.96. The van der Waals surface area contributed by atoms with Crippen LogP contribution in [0.2, 0.25) is 0 Å². The number of hydrogen-bond donors (Lipinski definition) is 2. The van der Waals surface area contributed by atoms with Gasteiger partial charge in [0.25, 0.3) is 0 Å². The van der Waals surface area contributed by atoms with Crippen LogP contribution in [0.1, 0.15) is 16.3 Å². The van der Waals surface area contributed by atoms with Crippen LogP contribution in [0.4, 0.5) is 11.6 Å². The van der Waals surface area contributed by atoms with Crippen molar-refractivity contribution < 1.29 is 4.55 Å². The van der Waals surface area contributed by atoms with E-state index in [9.17, 15) is 0 Å². The van der Waals surface area contributed by atoms with Crippen LogP contribution >= 0.6 is 23.4 Å². The number of nitrogens with zero attached hydrogens (tertiary/aromatic N) is 3. The van der Waals surface area contributed by atoms with Gasteiger partial charge in [0.05, 0.1) is 21.3 Å². The molecule has 1 aromatic carbocycles. The molecule has 0 bridgehead atoms. The van der Waals surface area contributed by atoms with E-state index in [0.29, 0.717) is 5.95 Å². The van der Waals surface area contributed by atoms with Gasteiger partial charge in [-0.3, -0.25) is 0 Å². The smallest absolute Gasteiger partial charge is 0.227 e. The lowest BCUT2D eigenvalue weighted by atomic mass is 10.00. The normalized spacial score (nSPS) is 12.6. The zero-order chi connectivity index (χ0) is 15.8. The van der Waals surface area contributed by atoms with Gasteiger partial charge in [-0.25, -0.2) is 15.0 Å². The minimum absolute atomic E-state index is 0.558. The minimum atomic E-state index is 0.558. The summed E-state index contributed by atoms with van der Waals surface area (Å²) >= 11 is 2.41. The third-order valence-corrected chi connectivity index (χ3v) is 5.20. The Morgan fingerprint density at radius 1 is 1.26 bits per heavy atom. The lowest BCUT2D eigenvalue weighted by molar-refractivity contribution is 0.664. The van der Waals surface area contributed by atoms with Crippen LogP contribution in [0.3, 0.4) is 0 Å². The van der Waals surface area contributed by atoms with E-state index < -0.39 is 0 Å². The maximum atomic E-state index is 9.15. The minimum Gasteiger partial charge on any atom is -0.325 e. The second kappa shape index (κ2) is 5.92. The van der Waals surface area contributed by atoms with Crippen LogP contribution in [0.25, 0.3) is 10.6 Å². The Morgan fingerprint density at radius 2 is 2.17 bits per heavy atom. The summed E-state index contributed by atoms with van der Waals surface area (Å²) in [6.45, 7) is 2.03. The molecule has 0 amide bonds. The van der Waals surface area contributed by atoms with E-state index in [0.717, 1.165) is 56.7 Å². The Kier molecular flexibility index (Phi) is 3.76. The summed E-state index contributed by atoms with van der Waals surface area (Å²) in [5.74, 6) is 0.558. The monoisotopic (exact) mass is 342 g/mol. The Balaban J connectivity index is 1.69. The summed E-state index contributed by atoms with van der Waals surface area (Å²) in [6.07, 6.45) is 3.79. The molecule has 2 heterocycles. The van der Waals surface area contributed by atoms with Gasteiger partial charge in [0.15, 0.2) is 0 Å². The predicted octanol–water partition coefficient (Wildman–Crippen LogP) is 4.32. The number of rotatable bonds is 3. The second-order valence-electron chi connectivity index (χ2n) is 5.32. The topological polar surface area (TPSA) is 70.9 Å². The van der Waals surface area contributed by atoms with Crippen LogP contribution in [0.15, 0.2) is 35.4 Å². The van der Waals surface area contributed by atoms with Crippen LogP contribution in [-0.4, -0.2) is 19.5 Å². The third-order valence-electron chi connectivity index (χ3n) is 3.71. The van der Waals surface area contributed by atoms with E-state index >= 15 is 0 Å². The molecular formula is C16H14N4OS2. The quantitative estimate of drug-likeness (QED) is 0.691. The molecule has 0 spiro atoms. The van der Waals surface area contributed by atoms with E-state index in [1.807, 2.05) is 37.4 Å². The molecular weight excluding hydrogens is 328 g/mol. The SMILES string of the molecule is Cc1nc2c(s1)-c1nc(Nc3cccc(SO)c3)ncc1CC2. The fraction of sp³-hybridized carbons (Fsp3) is 0.188. The summed E-state index contributed by atoms with van der Waals surface area (Å²) in [5, 5.41) is 4.28. The summed E-state index contributed by atoms with van der Waals surface area (Å²) in [7, 11) is 0. The van der Waals surface area contributed by atoms with Gasteiger partial charge >= 0.3 is 0 Å². The van der Waals surface area contributed by atoms with Crippen molar-refractivity contribution in [3.63, 3.8) is 0 Å². The van der Waals surface area contributed by atoms with Crippen LogP contribution < -0.4 is 5.32 Å². The highest BCUT2D eigenvalue weighted by molar-refractivity contribution is 7.93. The first-order valence-corrected chi connectivity index (χ1v) is 8.83. The zero-order valence-corrected chi connectivity index (χ0v) is 14.0. The summed E-state index contributed by atoms with van der Waals surface area (Å²) < 4.78 is 9.15. The summed E-state index contributed by atoms with van der Waals surface area (Å²) in [5.41, 5.74) is 4.15. The van der Waals surface area contributed by atoms with Crippen molar-refractivity contribution >= 4 is 35.0 Å². The molecule has 0 aliphatic heterocycles. The number of benzene rings is 1. The predicted molar refractivity (Wildman–Crippen MR) is 93.5 cm³/mol. The molecule has 0 saturated heterocycles. The lowest BCUT2D eigenvalue weighted by Gasteiger charge is -2.15. The summed E-state index contributed by atoms with van der Waals surface area (Å²) in [6, 6.07) is 7.50. The first-order chi connectivity index (χ1) is 11.2. The van der Waals surface area contributed by atoms with E-state index in [4.69, 9.17) is 9.54 Å². The third kappa shape index (κ3) is 2.83. The molecule has 1 aliphatic carbocycles. The van der Waals surface area contributed by atoms with Crippen LogP contribution in [0.5, 0.6) is 0 Å². The molecule has 0 atom stereocenters. The van der Waals surface area contributed by atoms with Gasteiger partial charge in [-0.05, 0) is 43.5 Å². The molecule has 116 valence electrons. The average molecular weight is 342 g/mol. The van der Waals surface area contributed by atoms with Crippen molar-refractivity contribution in [3.8, 4) is 10.6 Å². The van der Waals surface area contributed by atoms with Gasteiger partial charge in [0.1, 0.15) is 0 Å². The molecule has 3 aromatic rings. The highest BCUT2D eigenvalue weighted by Crippen LogP contribution is 2.36. The van der Waals surface area contributed by atoms with Crippen molar-refractivity contribution in [1.29, 1.82) is 0 Å². The number of nitrogens with one attached hydrogen (secondary N) is 1. The maximum absolute atomic E-state index is 9.15. The van der Waals surface area contributed by atoms with E-state index in [2.05, 4.69) is 15.3 Å². The fourth-order valence-electron chi connectivity index (χ4n) is 2.68. The second-order valence-corrected chi connectivity index (χ2v) is 7.18. The summed E-state index contributed by atoms with van der Waals surface area (Å²) in [4.78, 5) is 15.6. The molecule has 0 unspecified atom stereocenters. The van der Waals surface area contributed by atoms with Gasteiger partial charge in [-0.2, -0.15) is 0 Å². The molecule has 5 nitrogen and oxygen atoms in total. The molecule has 23 heavy (non-hydrogen) atoms. The lowest BCUT2D eigenvalue weighted by Crippen LogP contribution is -2.07. The van der Waals surface area contributed by atoms with Crippen molar-refractivity contribution in [2.45, 2.75) is 24.7 Å². The fourth-order valence-corrected chi connectivity index (χ4v) is 3.99. The van der Waals surface area contributed by atoms with Crippen molar-refractivity contribution in [2.75, 3.05) is 5.32 Å². The molecule has 2 aromatic heterocycles. The highest BCUT2D eigenvalue weighted by Gasteiger charge is 2.22. The van der Waals surface area contributed by atoms with E-state index in [-0.39, 0.29) is 0 Å². The standard InChI is InChI=1S/C16H14N4OS2/c1-9-18-13-6-5-10-8-17-16(20-14(10)15(13)22-9)19-11-3-2-4-12(7-11)23-21/h2-4,7-8,21H,5-6H2,1H3,(H,17,19,20). The number of aryl methyl sites for hydroxylation is 3. The van der Waals surface area contributed by atoms with E-state index in [1.165, 1.54) is 5.56 Å². The number of hydrogen-bond acceptors (Lipinski definition) is 7. The van der Waals surface area contributed by atoms with Gasteiger partial charge in [-0.15, -0.1) is 11.3 Å². The molecule has 2 N–H and O–H groups in total. The Bertz CT molecular complexity index is 878. The largest absolute Gasteiger partial charge is 0.325 e. The number of fused-ring (bicyclic) bond motifs is 3. The van der Waals surface area contributed by atoms with Gasteiger partial charge in [0, 0.05) is 28.8 Å². The van der Waals surface area contributed by atoms with Crippen molar-refractivity contribution in [1.82, 2.24) is 15.0 Å². The zero-order valence-electron chi connectivity index (χ0n) is 12.4. The Labute approximate surface area is 142 Å². The first kappa shape index (κ1) is 14.6. The van der Waals surface area contributed by atoms with Gasteiger partial charge in [-0.1, -0.05) is 6.07 Å². The maximum Gasteiger partial charge on any atom is 0.227 e. The number of aromatic nitrogens is 3. The molecule has 1 aliphatic rings. The Hall–Kier alpha value is -1.96. The molecule has 0 saturated carbocycles. The molecule has 0 fully saturated rings. The molecule has 7 heteroatoms. The Morgan fingerprint density at radius 3 is 3.04 bits per heavy atom. The first-order valence-electron chi connectivity index (χ1n) is 7.24. The van der Waals surface area contributed by atoms with Gasteiger partial charge < -0.3 is 9.87 Å². The van der Waals surface area contributed by atoms with Crippen molar-refractivity contribution in [3.05, 3.63) is 46.7 Å². The van der Waals surface area contributed by atoms with Gasteiger partial charge in [0.2, 0.25) is 5.95 Å². The van der Waals surface area contributed by atoms with Crippen molar-refractivity contribution in [2.24, 2.45) is 0 Å². The van der Waals surface area contributed by atoms with Crippen LogP contribution in [-0.2, 0) is 12.8 Å². The molecule has 4 rings (SSSR count). The molecule has 0 radical (unpaired) electrons.